The molecule has 0 saturated carbocycles. The highest BCUT2D eigenvalue weighted by Crippen LogP contribution is 2.45. The van der Waals surface area contributed by atoms with Gasteiger partial charge in [-0.25, -0.2) is 0 Å². The largest absolute Gasteiger partial charge is 0.487 e. The number of hydrogen-bond donors (Lipinski definition) is 0. The zero-order valence-electron chi connectivity index (χ0n) is 16.2. The molecular formula is C22H29NO2. The van der Waals surface area contributed by atoms with Crippen molar-refractivity contribution in [1.82, 2.24) is 4.90 Å². The van der Waals surface area contributed by atoms with Crippen LogP contribution >= 0.6 is 0 Å². The summed E-state index contributed by atoms with van der Waals surface area (Å²) in [6.45, 7) is 8.43. The fourth-order valence-electron chi connectivity index (χ4n) is 3.26. The van der Waals surface area contributed by atoms with Crippen LogP contribution in [0.15, 0.2) is 48.5 Å². The first-order valence-electron chi connectivity index (χ1n) is 8.92. The molecule has 0 radical (unpaired) electrons. The minimum atomic E-state index is -0.378. The molecule has 2 aromatic carbocycles. The first kappa shape index (κ1) is 17.8. The van der Waals surface area contributed by atoms with Gasteiger partial charge in [-0.15, -0.1) is 0 Å². The number of ether oxygens (including phenoxy) is 2. The van der Waals surface area contributed by atoms with Gasteiger partial charge in [0.15, 0.2) is 5.72 Å². The fourth-order valence-corrected chi connectivity index (χ4v) is 3.26. The molecule has 25 heavy (non-hydrogen) atoms. The van der Waals surface area contributed by atoms with Crippen LogP contribution in [0.2, 0.25) is 0 Å². The number of benzene rings is 2. The lowest BCUT2D eigenvalue weighted by Crippen LogP contribution is -2.43. The summed E-state index contributed by atoms with van der Waals surface area (Å²) < 4.78 is 12.5. The van der Waals surface area contributed by atoms with E-state index < -0.39 is 0 Å². The molecular weight excluding hydrogens is 310 g/mol. The lowest BCUT2D eigenvalue weighted by Gasteiger charge is -2.39. The molecule has 0 N–H and O–H groups in total. The fraction of sp³-hybridized carbons (Fsp3) is 0.455. The molecule has 1 aliphatic rings. The highest BCUT2D eigenvalue weighted by Gasteiger charge is 2.35. The Morgan fingerprint density at radius 2 is 1.76 bits per heavy atom. The Hall–Kier alpha value is -2.00. The van der Waals surface area contributed by atoms with E-state index >= 15 is 0 Å². The molecule has 134 valence electrons. The third-order valence-corrected chi connectivity index (χ3v) is 5.09. The molecule has 1 heterocycles. The van der Waals surface area contributed by atoms with Crippen LogP contribution in [0.25, 0.3) is 0 Å². The molecule has 0 aromatic heterocycles. The third-order valence-electron chi connectivity index (χ3n) is 5.09. The summed E-state index contributed by atoms with van der Waals surface area (Å²) in [5, 5.41) is 0. The average molecular weight is 339 g/mol. The van der Waals surface area contributed by atoms with Gasteiger partial charge in [0, 0.05) is 17.5 Å². The molecule has 3 heteroatoms. The van der Waals surface area contributed by atoms with Crippen molar-refractivity contribution in [3.05, 3.63) is 59.7 Å². The molecule has 0 amide bonds. The van der Waals surface area contributed by atoms with E-state index in [1.165, 1.54) is 11.1 Å². The summed E-state index contributed by atoms with van der Waals surface area (Å²) in [5.41, 5.74) is 1.99. The van der Waals surface area contributed by atoms with Crippen molar-refractivity contribution < 1.29 is 9.47 Å². The molecule has 0 bridgehead atoms. The van der Waals surface area contributed by atoms with E-state index in [-0.39, 0.29) is 11.3 Å². The maximum absolute atomic E-state index is 6.29. The first-order chi connectivity index (χ1) is 11.7. The van der Waals surface area contributed by atoms with Gasteiger partial charge >= 0.3 is 0 Å². The average Bonchev–Trinajstić information content (AvgIpc) is 2.53. The molecule has 0 spiro atoms. The van der Waals surface area contributed by atoms with Gasteiger partial charge in [0.1, 0.15) is 17.1 Å². The SMILES string of the molecule is CN(C)C(C)(C)Oc1ccc2c(c1)OC(C)(C)CC2c1ccccc1. The molecule has 1 aliphatic heterocycles. The Bertz CT molecular complexity index is 735. The Balaban J connectivity index is 1.98. The number of nitrogens with zero attached hydrogens (tertiary/aromatic N) is 1. The van der Waals surface area contributed by atoms with Crippen LogP contribution in [0.1, 0.15) is 51.2 Å². The quantitative estimate of drug-likeness (QED) is 0.727. The monoisotopic (exact) mass is 339 g/mol. The van der Waals surface area contributed by atoms with Crippen molar-refractivity contribution in [2.45, 2.75) is 51.4 Å². The van der Waals surface area contributed by atoms with Crippen molar-refractivity contribution in [3.8, 4) is 11.5 Å². The maximum Gasteiger partial charge on any atom is 0.157 e. The predicted molar refractivity (Wildman–Crippen MR) is 102 cm³/mol. The second-order valence-electron chi connectivity index (χ2n) is 8.17. The zero-order valence-corrected chi connectivity index (χ0v) is 16.2. The van der Waals surface area contributed by atoms with Gasteiger partial charge in [-0.05, 0) is 59.8 Å². The van der Waals surface area contributed by atoms with Gasteiger partial charge in [-0.1, -0.05) is 36.4 Å². The van der Waals surface area contributed by atoms with E-state index in [0.717, 1.165) is 17.9 Å². The van der Waals surface area contributed by atoms with Crippen LogP contribution < -0.4 is 9.47 Å². The number of hydrogen-bond acceptors (Lipinski definition) is 3. The maximum atomic E-state index is 6.29. The van der Waals surface area contributed by atoms with Crippen LogP contribution in [0.3, 0.4) is 0 Å². The van der Waals surface area contributed by atoms with Gasteiger partial charge in [-0.3, -0.25) is 4.90 Å². The van der Waals surface area contributed by atoms with Crippen LogP contribution in [-0.4, -0.2) is 30.3 Å². The second-order valence-corrected chi connectivity index (χ2v) is 8.17. The predicted octanol–water partition coefficient (Wildman–Crippen LogP) is 5.06. The Kier molecular flexibility index (Phi) is 4.54. The molecule has 0 saturated heterocycles. The van der Waals surface area contributed by atoms with Crippen LogP contribution in [0, 0.1) is 0 Å². The van der Waals surface area contributed by atoms with Crippen LogP contribution in [0.5, 0.6) is 11.5 Å². The Labute approximate surface area is 151 Å². The van der Waals surface area contributed by atoms with Crippen molar-refractivity contribution in [1.29, 1.82) is 0 Å². The lowest BCUT2D eigenvalue weighted by molar-refractivity contribution is -0.0239. The molecule has 0 aliphatic carbocycles. The van der Waals surface area contributed by atoms with Gasteiger partial charge in [0.25, 0.3) is 0 Å². The second kappa shape index (κ2) is 6.38. The van der Waals surface area contributed by atoms with E-state index in [0.29, 0.717) is 5.92 Å². The van der Waals surface area contributed by atoms with Crippen molar-refractivity contribution in [2.75, 3.05) is 14.1 Å². The molecule has 3 rings (SSSR count). The van der Waals surface area contributed by atoms with Crippen molar-refractivity contribution in [2.24, 2.45) is 0 Å². The highest BCUT2D eigenvalue weighted by atomic mass is 16.5. The van der Waals surface area contributed by atoms with Gasteiger partial charge < -0.3 is 9.47 Å². The molecule has 0 fully saturated rings. The van der Waals surface area contributed by atoms with Crippen LogP contribution in [-0.2, 0) is 0 Å². The molecule has 3 nitrogen and oxygen atoms in total. The van der Waals surface area contributed by atoms with E-state index in [9.17, 15) is 0 Å². The summed E-state index contributed by atoms with van der Waals surface area (Å²) >= 11 is 0. The van der Waals surface area contributed by atoms with E-state index in [1.807, 2.05) is 20.2 Å². The smallest absolute Gasteiger partial charge is 0.157 e. The topological polar surface area (TPSA) is 21.7 Å². The first-order valence-corrected chi connectivity index (χ1v) is 8.92. The number of rotatable bonds is 4. The van der Waals surface area contributed by atoms with E-state index in [2.05, 4.69) is 75.1 Å². The zero-order chi connectivity index (χ0) is 18.2. The summed E-state index contributed by atoms with van der Waals surface area (Å²) in [6.07, 6.45) is 0.966. The minimum Gasteiger partial charge on any atom is -0.487 e. The molecule has 1 atom stereocenters. The third kappa shape index (κ3) is 3.82. The molecule has 2 aromatic rings. The number of fused-ring (bicyclic) bond motifs is 1. The summed E-state index contributed by atoms with van der Waals surface area (Å²) in [4.78, 5) is 2.06. The van der Waals surface area contributed by atoms with Gasteiger partial charge in [0.05, 0.1) is 0 Å². The van der Waals surface area contributed by atoms with E-state index in [1.54, 1.807) is 0 Å². The summed E-state index contributed by atoms with van der Waals surface area (Å²) in [5.74, 6) is 2.11. The standard InChI is InChI=1S/C22H29NO2/c1-21(2)15-19(16-10-8-7-9-11-16)18-13-12-17(14-20(18)25-21)24-22(3,4)23(5)6/h7-14,19H,15H2,1-6H3. The van der Waals surface area contributed by atoms with Gasteiger partial charge in [-0.2, -0.15) is 0 Å². The summed E-state index contributed by atoms with van der Waals surface area (Å²) in [7, 11) is 4.03. The summed E-state index contributed by atoms with van der Waals surface area (Å²) in [6, 6.07) is 16.9. The lowest BCUT2D eigenvalue weighted by atomic mass is 9.80. The normalized spacial score (nSPS) is 19.2. The van der Waals surface area contributed by atoms with Crippen LogP contribution in [0.4, 0.5) is 0 Å². The van der Waals surface area contributed by atoms with E-state index in [4.69, 9.17) is 9.47 Å². The molecule has 1 unspecified atom stereocenters. The van der Waals surface area contributed by atoms with Gasteiger partial charge in [0.2, 0.25) is 0 Å². The van der Waals surface area contributed by atoms with Crippen molar-refractivity contribution in [3.63, 3.8) is 0 Å². The Morgan fingerprint density at radius 1 is 1.08 bits per heavy atom. The Morgan fingerprint density at radius 3 is 2.40 bits per heavy atom. The van der Waals surface area contributed by atoms with Crippen molar-refractivity contribution >= 4 is 0 Å². The minimum absolute atomic E-state index is 0.205. The highest BCUT2D eigenvalue weighted by molar-refractivity contribution is 5.48.